The molecule has 0 radical (unpaired) electrons. The molecule has 25 heavy (non-hydrogen) atoms. The molecule has 2 aromatic carbocycles. The van der Waals surface area contributed by atoms with E-state index in [4.69, 9.17) is 4.42 Å². The van der Waals surface area contributed by atoms with E-state index < -0.39 is 5.97 Å². The minimum Gasteiger partial charge on any atom is -0.550 e. The number of carbonyl (C=O) groups is 1. The summed E-state index contributed by atoms with van der Waals surface area (Å²) in [4.78, 5) is 15.5. The maximum atomic E-state index is 11.2. The molecule has 1 heterocycles. The van der Waals surface area contributed by atoms with Crippen LogP contribution in [0.15, 0.2) is 52.9 Å². The summed E-state index contributed by atoms with van der Waals surface area (Å²) in [6.07, 6.45) is 1.53. The van der Waals surface area contributed by atoms with Crippen molar-refractivity contribution in [3.8, 4) is 0 Å². The monoisotopic (exact) mass is 334 g/mol. The lowest BCUT2D eigenvalue weighted by molar-refractivity contribution is -0.304. The van der Waals surface area contributed by atoms with Crippen molar-refractivity contribution in [2.24, 2.45) is 0 Å². The average Bonchev–Trinajstić information content (AvgIpc) is 2.97. The second-order valence-corrected chi connectivity index (χ2v) is 7.08. The lowest BCUT2D eigenvalue weighted by Gasteiger charge is -2.18. The molecule has 4 heteroatoms. The molecule has 0 saturated carbocycles. The first-order valence-corrected chi connectivity index (χ1v) is 8.20. The summed E-state index contributed by atoms with van der Waals surface area (Å²) in [6, 6.07) is 15.4. The highest BCUT2D eigenvalue weighted by Crippen LogP contribution is 2.27. The molecule has 0 unspecified atom stereocenters. The summed E-state index contributed by atoms with van der Waals surface area (Å²) in [5, 5.41) is 11.2. The minimum absolute atomic E-state index is 0.0658. The Labute approximate surface area is 146 Å². The van der Waals surface area contributed by atoms with Crippen molar-refractivity contribution in [2.75, 3.05) is 0 Å². The van der Waals surface area contributed by atoms with Gasteiger partial charge in [0.1, 0.15) is 5.52 Å². The molecule has 0 amide bonds. The van der Waals surface area contributed by atoms with Crippen LogP contribution in [0.5, 0.6) is 0 Å². The van der Waals surface area contributed by atoms with Gasteiger partial charge in [0.25, 0.3) is 0 Å². The standard InChI is InChI=1S/C21H21NO3/c1-21(2,3)16-10-8-14(9-11-16)12-15(13-19(23)24)20-22-17-6-4-5-7-18(17)25-20/h4-12H,13H2,1-3H3,(H,23,24)/p-1/b15-12+. The molecule has 0 aliphatic carbocycles. The van der Waals surface area contributed by atoms with Crippen LogP contribution in [0.2, 0.25) is 0 Å². The maximum absolute atomic E-state index is 11.2. The molecular weight excluding hydrogens is 314 g/mol. The fourth-order valence-electron chi connectivity index (χ4n) is 2.63. The molecule has 4 nitrogen and oxygen atoms in total. The molecule has 0 bridgehead atoms. The van der Waals surface area contributed by atoms with Crippen molar-refractivity contribution in [3.05, 3.63) is 65.5 Å². The highest BCUT2D eigenvalue weighted by Gasteiger charge is 2.14. The summed E-state index contributed by atoms with van der Waals surface area (Å²) in [6.45, 7) is 6.45. The minimum atomic E-state index is -1.17. The summed E-state index contributed by atoms with van der Waals surface area (Å²) in [5.74, 6) is -0.856. The number of hydrogen-bond donors (Lipinski definition) is 0. The van der Waals surface area contributed by atoms with Crippen LogP contribution < -0.4 is 5.11 Å². The highest BCUT2D eigenvalue weighted by atomic mass is 16.4. The number of para-hydroxylation sites is 2. The Kier molecular flexibility index (Phi) is 4.45. The van der Waals surface area contributed by atoms with Gasteiger partial charge in [-0.2, -0.15) is 0 Å². The van der Waals surface area contributed by atoms with E-state index in [1.165, 1.54) is 5.56 Å². The van der Waals surface area contributed by atoms with E-state index in [1.807, 2.05) is 30.3 Å². The molecule has 1 aromatic heterocycles. The van der Waals surface area contributed by atoms with Gasteiger partial charge < -0.3 is 14.3 Å². The predicted octanol–water partition coefficient (Wildman–Crippen LogP) is 3.81. The predicted molar refractivity (Wildman–Crippen MR) is 96.6 cm³/mol. The molecule has 0 atom stereocenters. The first kappa shape index (κ1) is 17.0. The van der Waals surface area contributed by atoms with Crippen molar-refractivity contribution in [3.63, 3.8) is 0 Å². The SMILES string of the molecule is CC(C)(C)c1ccc(/C=C(\CC(=O)[O-])c2nc3ccccc3o2)cc1. The largest absolute Gasteiger partial charge is 0.550 e. The van der Waals surface area contributed by atoms with Crippen LogP contribution in [0.4, 0.5) is 0 Å². The summed E-state index contributed by atoms with van der Waals surface area (Å²) in [5.41, 5.74) is 3.99. The van der Waals surface area contributed by atoms with Crippen molar-refractivity contribution in [2.45, 2.75) is 32.6 Å². The van der Waals surface area contributed by atoms with Gasteiger partial charge in [0.05, 0.1) is 0 Å². The molecule has 0 spiro atoms. The topological polar surface area (TPSA) is 66.2 Å². The zero-order valence-electron chi connectivity index (χ0n) is 14.6. The van der Waals surface area contributed by atoms with Crippen molar-refractivity contribution in [1.29, 1.82) is 0 Å². The van der Waals surface area contributed by atoms with Crippen LogP contribution in [-0.2, 0) is 10.2 Å². The number of rotatable bonds is 4. The molecule has 3 rings (SSSR count). The summed E-state index contributed by atoms with van der Waals surface area (Å²) < 4.78 is 5.71. The molecule has 0 aliphatic heterocycles. The second kappa shape index (κ2) is 6.55. The smallest absolute Gasteiger partial charge is 0.223 e. The molecule has 128 valence electrons. The normalized spacial score (nSPS) is 12.5. The molecule has 0 N–H and O–H groups in total. The Balaban J connectivity index is 2.00. The highest BCUT2D eigenvalue weighted by molar-refractivity contribution is 5.90. The van der Waals surface area contributed by atoms with E-state index in [1.54, 1.807) is 12.1 Å². The van der Waals surface area contributed by atoms with Crippen molar-refractivity contribution in [1.82, 2.24) is 4.98 Å². The second-order valence-electron chi connectivity index (χ2n) is 7.08. The fraction of sp³-hybridized carbons (Fsp3) is 0.238. The summed E-state index contributed by atoms with van der Waals surface area (Å²) >= 11 is 0. The fourth-order valence-corrected chi connectivity index (χ4v) is 2.63. The number of fused-ring (bicyclic) bond motifs is 1. The summed E-state index contributed by atoms with van der Waals surface area (Å²) in [7, 11) is 0. The zero-order chi connectivity index (χ0) is 18.0. The number of aliphatic carboxylic acids is 1. The van der Waals surface area contributed by atoms with Crippen LogP contribution >= 0.6 is 0 Å². The van der Waals surface area contributed by atoms with Crippen LogP contribution in [0.25, 0.3) is 22.7 Å². The van der Waals surface area contributed by atoms with E-state index in [0.717, 1.165) is 5.56 Å². The Morgan fingerprint density at radius 3 is 2.40 bits per heavy atom. The van der Waals surface area contributed by atoms with E-state index in [-0.39, 0.29) is 11.8 Å². The maximum Gasteiger partial charge on any atom is 0.223 e. The number of benzene rings is 2. The van der Waals surface area contributed by atoms with Crippen LogP contribution in [0.3, 0.4) is 0 Å². The zero-order valence-corrected chi connectivity index (χ0v) is 14.6. The molecule has 0 fully saturated rings. The van der Waals surface area contributed by atoms with Gasteiger partial charge in [-0.15, -0.1) is 0 Å². The van der Waals surface area contributed by atoms with Gasteiger partial charge in [-0.1, -0.05) is 57.2 Å². The third-order valence-corrected chi connectivity index (χ3v) is 4.02. The van der Waals surface area contributed by atoms with Crippen molar-refractivity contribution >= 4 is 28.7 Å². The quantitative estimate of drug-likeness (QED) is 0.728. The number of aromatic nitrogens is 1. The average molecular weight is 334 g/mol. The number of carbonyl (C=O) groups excluding carboxylic acids is 1. The molecular formula is C21H20NO3-. The first-order chi connectivity index (χ1) is 11.8. The van der Waals surface area contributed by atoms with Crippen LogP contribution in [0.1, 0.15) is 44.2 Å². The Hall–Kier alpha value is -2.88. The van der Waals surface area contributed by atoms with Gasteiger partial charge in [0, 0.05) is 18.0 Å². The van der Waals surface area contributed by atoms with Gasteiger partial charge in [-0.05, 0) is 34.8 Å². The lowest BCUT2D eigenvalue weighted by Crippen LogP contribution is -2.22. The van der Waals surface area contributed by atoms with Crippen LogP contribution in [0, 0.1) is 0 Å². The Morgan fingerprint density at radius 1 is 1.12 bits per heavy atom. The Bertz CT molecular complexity index is 895. The van der Waals surface area contributed by atoms with E-state index in [2.05, 4.69) is 37.9 Å². The number of oxazole rings is 1. The van der Waals surface area contributed by atoms with Gasteiger partial charge in [-0.25, -0.2) is 4.98 Å². The van der Waals surface area contributed by atoms with E-state index >= 15 is 0 Å². The van der Waals surface area contributed by atoms with Crippen molar-refractivity contribution < 1.29 is 14.3 Å². The van der Waals surface area contributed by atoms with Gasteiger partial charge in [-0.3, -0.25) is 0 Å². The molecule has 0 saturated heterocycles. The number of hydrogen-bond acceptors (Lipinski definition) is 4. The first-order valence-electron chi connectivity index (χ1n) is 8.20. The van der Waals surface area contributed by atoms with E-state index in [9.17, 15) is 9.90 Å². The number of carboxylic acid groups (broad SMARTS) is 1. The van der Waals surface area contributed by atoms with Gasteiger partial charge >= 0.3 is 0 Å². The Morgan fingerprint density at radius 2 is 1.80 bits per heavy atom. The molecule has 3 aromatic rings. The van der Waals surface area contributed by atoms with Gasteiger partial charge in [0.2, 0.25) is 5.89 Å². The molecule has 0 aliphatic rings. The third kappa shape index (κ3) is 3.97. The number of carboxylic acids is 1. The third-order valence-electron chi connectivity index (χ3n) is 4.02. The van der Waals surface area contributed by atoms with E-state index in [0.29, 0.717) is 22.6 Å². The van der Waals surface area contributed by atoms with Crippen LogP contribution in [-0.4, -0.2) is 11.0 Å². The lowest BCUT2D eigenvalue weighted by atomic mass is 9.86. The van der Waals surface area contributed by atoms with Gasteiger partial charge in [0.15, 0.2) is 5.58 Å². The number of nitrogens with zero attached hydrogens (tertiary/aromatic N) is 1.